The molecule has 23 heavy (non-hydrogen) atoms. The highest BCUT2D eigenvalue weighted by Gasteiger charge is 2.33. The van der Waals surface area contributed by atoms with E-state index in [2.05, 4.69) is 10.4 Å². The highest BCUT2D eigenvalue weighted by molar-refractivity contribution is 5.83. The van der Waals surface area contributed by atoms with E-state index in [-0.39, 0.29) is 17.7 Å². The van der Waals surface area contributed by atoms with Crippen molar-refractivity contribution in [1.29, 1.82) is 0 Å². The molecular weight excluding hydrogens is 296 g/mol. The normalized spacial score (nSPS) is 17.2. The van der Waals surface area contributed by atoms with Crippen LogP contribution in [-0.2, 0) is 22.7 Å². The molecule has 0 aliphatic carbocycles. The van der Waals surface area contributed by atoms with E-state index in [9.17, 15) is 9.59 Å². The standard InChI is InChI=1S/C16H20N4O3/c1-11(2)16(22)19-9-12-5-6-18-20(12)14(10-19)15(21)17-8-13-4-3-7-23-13/h3-7,11,14H,8-10H2,1-2H3,(H,17,21). The van der Waals surface area contributed by atoms with Gasteiger partial charge in [0.2, 0.25) is 11.8 Å². The van der Waals surface area contributed by atoms with E-state index in [0.717, 1.165) is 5.69 Å². The molecule has 7 nitrogen and oxygen atoms in total. The van der Waals surface area contributed by atoms with E-state index in [0.29, 0.717) is 25.4 Å². The second kappa shape index (κ2) is 6.28. The maximum absolute atomic E-state index is 12.5. The Morgan fingerprint density at radius 1 is 1.43 bits per heavy atom. The van der Waals surface area contributed by atoms with Crippen LogP contribution in [0.4, 0.5) is 0 Å². The largest absolute Gasteiger partial charge is 0.467 e. The Kier molecular flexibility index (Phi) is 4.18. The lowest BCUT2D eigenvalue weighted by molar-refractivity contribution is -0.138. The zero-order valence-electron chi connectivity index (χ0n) is 13.2. The lowest BCUT2D eigenvalue weighted by Gasteiger charge is -2.34. The minimum atomic E-state index is -0.522. The van der Waals surface area contributed by atoms with Crippen LogP contribution in [0.25, 0.3) is 0 Å². The smallest absolute Gasteiger partial charge is 0.247 e. The number of nitrogens with zero attached hydrogens (tertiary/aromatic N) is 3. The summed E-state index contributed by atoms with van der Waals surface area (Å²) in [6.45, 7) is 4.85. The van der Waals surface area contributed by atoms with Crippen LogP contribution in [0.2, 0.25) is 0 Å². The summed E-state index contributed by atoms with van der Waals surface area (Å²) in [6.07, 6.45) is 3.22. The van der Waals surface area contributed by atoms with Crippen LogP contribution in [0.1, 0.15) is 31.3 Å². The highest BCUT2D eigenvalue weighted by Crippen LogP contribution is 2.22. The number of nitrogens with one attached hydrogen (secondary N) is 1. The van der Waals surface area contributed by atoms with Crippen molar-refractivity contribution >= 4 is 11.8 Å². The van der Waals surface area contributed by atoms with Crippen molar-refractivity contribution in [1.82, 2.24) is 20.0 Å². The van der Waals surface area contributed by atoms with Gasteiger partial charge in [-0.2, -0.15) is 5.10 Å². The van der Waals surface area contributed by atoms with Crippen LogP contribution < -0.4 is 5.32 Å². The van der Waals surface area contributed by atoms with Crippen LogP contribution in [0.5, 0.6) is 0 Å². The Morgan fingerprint density at radius 3 is 2.96 bits per heavy atom. The summed E-state index contributed by atoms with van der Waals surface area (Å²) in [5, 5.41) is 7.08. The molecule has 0 saturated carbocycles. The van der Waals surface area contributed by atoms with Crippen molar-refractivity contribution in [2.45, 2.75) is 33.0 Å². The fourth-order valence-corrected chi connectivity index (χ4v) is 2.73. The first-order valence-electron chi connectivity index (χ1n) is 7.67. The van der Waals surface area contributed by atoms with Gasteiger partial charge in [0.1, 0.15) is 11.8 Å². The molecule has 0 bridgehead atoms. The molecule has 2 amide bonds. The third-order valence-electron chi connectivity index (χ3n) is 3.92. The predicted octanol–water partition coefficient (Wildman–Crippen LogP) is 1.33. The highest BCUT2D eigenvalue weighted by atomic mass is 16.3. The number of hydrogen-bond donors (Lipinski definition) is 1. The minimum absolute atomic E-state index is 0.0429. The number of fused-ring (bicyclic) bond motifs is 1. The topological polar surface area (TPSA) is 80.4 Å². The third kappa shape index (κ3) is 3.13. The van der Waals surface area contributed by atoms with E-state index < -0.39 is 6.04 Å². The maximum Gasteiger partial charge on any atom is 0.247 e. The summed E-state index contributed by atoms with van der Waals surface area (Å²) in [6, 6.07) is 4.89. The first kappa shape index (κ1) is 15.3. The summed E-state index contributed by atoms with van der Waals surface area (Å²) < 4.78 is 6.91. The van der Waals surface area contributed by atoms with Crippen molar-refractivity contribution in [3.63, 3.8) is 0 Å². The first-order valence-corrected chi connectivity index (χ1v) is 7.67. The minimum Gasteiger partial charge on any atom is -0.467 e. The van der Waals surface area contributed by atoms with Gasteiger partial charge in [-0.15, -0.1) is 0 Å². The number of aromatic nitrogens is 2. The number of rotatable bonds is 4. The molecule has 3 heterocycles. The van der Waals surface area contributed by atoms with Crippen molar-refractivity contribution in [2.75, 3.05) is 6.54 Å². The van der Waals surface area contributed by atoms with Gasteiger partial charge in [0, 0.05) is 12.1 Å². The summed E-state index contributed by atoms with van der Waals surface area (Å²) >= 11 is 0. The molecular formula is C16H20N4O3. The van der Waals surface area contributed by atoms with Gasteiger partial charge in [0.15, 0.2) is 0 Å². The van der Waals surface area contributed by atoms with Crippen LogP contribution in [0.3, 0.4) is 0 Å². The lowest BCUT2D eigenvalue weighted by atomic mass is 10.1. The number of furan rings is 1. The Labute approximate surface area is 134 Å². The van der Waals surface area contributed by atoms with Gasteiger partial charge in [-0.1, -0.05) is 13.8 Å². The van der Waals surface area contributed by atoms with Gasteiger partial charge in [0.25, 0.3) is 0 Å². The van der Waals surface area contributed by atoms with Crippen molar-refractivity contribution < 1.29 is 14.0 Å². The number of hydrogen-bond acceptors (Lipinski definition) is 4. The molecule has 0 fully saturated rings. The maximum atomic E-state index is 12.5. The van der Waals surface area contributed by atoms with E-state index in [1.165, 1.54) is 0 Å². The Balaban J connectivity index is 1.74. The molecule has 1 aliphatic rings. The average Bonchev–Trinajstić information content (AvgIpc) is 3.21. The third-order valence-corrected chi connectivity index (χ3v) is 3.92. The van der Waals surface area contributed by atoms with Crippen LogP contribution in [-0.4, -0.2) is 33.0 Å². The zero-order valence-corrected chi connectivity index (χ0v) is 13.2. The predicted molar refractivity (Wildman–Crippen MR) is 82.1 cm³/mol. The van der Waals surface area contributed by atoms with Crippen molar-refractivity contribution in [3.8, 4) is 0 Å². The number of carbonyl (C=O) groups excluding carboxylic acids is 2. The average molecular weight is 316 g/mol. The van der Waals surface area contributed by atoms with Gasteiger partial charge in [0.05, 0.1) is 31.6 Å². The second-order valence-corrected chi connectivity index (χ2v) is 5.95. The molecule has 7 heteroatoms. The quantitative estimate of drug-likeness (QED) is 0.923. The fourth-order valence-electron chi connectivity index (χ4n) is 2.73. The first-order chi connectivity index (χ1) is 11.1. The van der Waals surface area contributed by atoms with Gasteiger partial charge in [-0.05, 0) is 18.2 Å². The van der Waals surface area contributed by atoms with Gasteiger partial charge in [-0.3, -0.25) is 14.3 Å². The van der Waals surface area contributed by atoms with E-state index in [1.54, 1.807) is 34.2 Å². The molecule has 122 valence electrons. The van der Waals surface area contributed by atoms with Crippen LogP contribution in [0.15, 0.2) is 35.1 Å². The van der Waals surface area contributed by atoms with Crippen LogP contribution in [0, 0.1) is 5.92 Å². The van der Waals surface area contributed by atoms with Crippen molar-refractivity contribution in [3.05, 3.63) is 42.1 Å². The number of amides is 2. The molecule has 3 rings (SSSR count). The molecule has 0 radical (unpaired) electrons. The van der Waals surface area contributed by atoms with Crippen molar-refractivity contribution in [2.24, 2.45) is 5.92 Å². The van der Waals surface area contributed by atoms with E-state index in [4.69, 9.17) is 4.42 Å². The molecule has 0 spiro atoms. The Morgan fingerprint density at radius 2 is 2.26 bits per heavy atom. The zero-order chi connectivity index (χ0) is 16.4. The molecule has 1 unspecified atom stereocenters. The molecule has 0 aromatic carbocycles. The molecule has 1 aliphatic heterocycles. The molecule has 2 aromatic rings. The molecule has 1 atom stereocenters. The number of carbonyl (C=O) groups is 2. The Hall–Kier alpha value is -2.57. The Bertz CT molecular complexity index is 690. The SMILES string of the molecule is CC(C)C(=O)N1Cc2ccnn2C(C(=O)NCc2ccco2)C1. The summed E-state index contributed by atoms with van der Waals surface area (Å²) in [5.41, 5.74) is 0.864. The van der Waals surface area contributed by atoms with Gasteiger partial charge in [-0.25, -0.2) is 0 Å². The lowest BCUT2D eigenvalue weighted by Crippen LogP contribution is -2.47. The second-order valence-electron chi connectivity index (χ2n) is 5.95. The fraction of sp³-hybridized carbons (Fsp3) is 0.438. The summed E-state index contributed by atoms with van der Waals surface area (Å²) in [5.74, 6) is 0.454. The van der Waals surface area contributed by atoms with Gasteiger partial charge >= 0.3 is 0 Å². The summed E-state index contributed by atoms with van der Waals surface area (Å²) in [4.78, 5) is 26.6. The molecule has 1 N–H and O–H groups in total. The molecule has 0 saturated heterocycles. The van der Waals surface area contributed by atoms with Crippen LogP contribution >= 0.6 is 0 Å². The van der Waals surface area contributed by atoms with Gasteiger partial charge < -0.3 is 14.6 Å². The summed E-state index contributed by atoms with van der Waals surface area (Å²) in [7, 11) is 0. The van der Waals surface area contributed by atoms with E-state index in [1.807, 2.05) is 19.9 Å². The monoisotopic (exact) mass is 316 g/mol. The van der Waals surface area contributed by atoms with E-state index >= 15 is 0 Å². The molecule has 2 aromatic heterocycles.